The van der Waals surface area contributed by atoms with Gasteiger partial charge in [-0.25, -0.2) is 0 Å². The third-order valence-corrected chi connectivity index (χ3v) is 10.4. The number of fused-ring (bicyclic) bond motifs is 7. The van der Waals surface area contributed by atoms with E-state index in [4.69, 9.17) is 10.2 Å². The van der Waals surface area contributed by atoms with Gasteiger partial charge in [0, 0.05) is 13.5 Å². The third kappa shape index (κ3) is 3.83. The second kappa shape index (κ2) is 8.72. The van der Waals surface area contributed by atoms with E-state index in [-0.39, 0.29) is 22.8 Å². The lowest BCUT2D eigenvalue weighted by Crippen LogP contribution is -2.51. The molecule has 1 amide bonds. The molecule has 7 atom stereocenters. The fourth-order valence-electron chi connectivity index (χ4n) is 8.41. The van der Waals surface area contributed by atoms with Crippen molar-refractivity contribution in [2.24, 2.45) is 29.1 Å². The number of hydrogen-bond acceptors (Lipinski definition) is 4. The van der Waals surface area contributed by atoms with E-state index in [2.05, 4.69) is 39.1 Å². The molecule has 0 aromatic carbocycles. The third-order valence-electron chi connectivity index (χ3n) is 10.4. The number of aliphatic hydroxyl groups excluding tert-OH is 1. The predicted octanol–water partition coefficient (Wildman–Crippen LogP) is 4.83. The topological polar surface area (TPSA) is 75.1 Å². The fraction of sp³-hybridized carbons (Fsp3) is 0.759. The van der Waals surface area contributed by atoms with E-state index in [1.807, 2.05) is 0 Å². The number of nitrogens with zero attached hydrogens (tertiary/aromatic N) is 2. The van der Waals surface area contributed by atoms with Crippen molar-refractivity contribution in [2.45, 2.75) is 104 Å². The number of nitrogens with one attached hydrogen (secondary N) is 1. The second-order valence-corrected chi connectivity index (χ2v) is 12.5. The van der Waals surface area contributed by atoms with Crippen molar-refractivity contribution in [1.82, 2.24) is 15.5 Å². The van der Waals surface area contributed by atoms with E-state index in [1.165, 1.54) is 29.7 Å². The Hall–Kier alpha value is -1.75. The van der Waals surface area contributed by atoms with Gasteiger partial charge in [-0.15, -0.1) is 0 Å². The zero-order valence-corrected chi connectivity index (χ0v) is 21.8. The highest BCUT2D eigenvalue weighted by Gasteiger charge is 2.58. The molecule has 5 rings (SSSR count). The Kier molecular flexibility index (Phi) is 6.15. The minimum atomic E-state index is -0.141. The zero-order valence-electron chi connectivity index (χ0n) is 21.8. The normalized spacial score (nSPS) is 37.1. The first-order chi connectivity index (χ1) is 16.1. The minimum Gasteiger partial charge on any atom is -0.393 e. The van der Waals surface area contributed by atoms with E-state index in [1.54, 1.807) is 12.5 Å². The highest BCUT2D eigenvalue weighted by atomic mass is 16.3. The van der Waals surface area contributed by atoms with Crippen LogP contribution in [0.5, 0.6) is 0 Å². The van der Waals surface area contributed by atoms with Crippen molar-refractivity contribution in [2.75, 3.05) is 6.54 Å². The molecule has 0 bridgehead atoms. The summed E-state index contributed by atoms with van der Waals surface area (Å²) in [4.78, 5) is 11.2. The van der Waals surface area contributed by atoms with Crippen molar-refractivity contribution < 1.29 is 9.90 Å². The first-order valence-electron chi connectivity index (χ1n) is 13.6. The lowest BCUT2D eigenvalue weighted by molar-refractivity contribution is -0.119. The standard InChI is InChI=1S/C29H43N3O2/c1-17(16-30-19(3)33)6-9-25-18(2)27-26(32-31-25)15-24-22-8-7-20-14-21(34)10-12-28(20,4)23(22)11-13-29(24,27)5/h7,17,21-24,34H,6,8-16H2,1-5H3,(H,30,33)/t17-,21-,22+,23-,24-,28+,29-/m1/s1. The molecular formula is C29H43N3O2. The molecule has 0 aliphatic heterocycles. The predicted molar refractivity (Wildman–Crippen MR) is 134 cm³/mol. The lowest BCUT2D eigenvalue weighted by Gasteiger charge is -2.57. The van der Waals surface area contributed by atoms with E-state index >= 15 is 0 Å². The molecule has 4 aliphatic rings. The largest absolute Gasteiger partial charge is 0.393 e. The van der Waals surface area contributed by atoms with Crippen molar-refractivity contribution >= 4 is 5.91 Å². The fourth-order valence-corrected chi connectivity index (χ4v) is 8.41. The van der Waals surface area contributed by atoms with Crippen molar-refractivity contribution in [3.63, 3.8) is 0 Å². The van der Waals surface area contributed by atoms with Gasteiger partial charge in [0.05, 0.1) is 17.5 Å². The average molecular weight is 466 g/mol. The number of aryl methyl sites for hydroxylation is 1. The van der Waals surface area contributed by atoms with Gasteiger partial charge in [-0.05, 0) is 110 Å². The summed E-state index contributed by atoms with van der Waals surface area (Å²) in [5.74, 6) is 2.55. The van der Waals surface area contributed by atoms with Crippen LogP contribution in [-0.2, 0) is 23.1 Å². The Morgan fingerprint density at radius 3 is 2.71 bits per heavy atom. The van der Waals surface area contributed by atoms with Gasteiger partial charge in [-0.2, -0.15) is 10.2 Å². The number of rotatable bonds is 5. The van der Waals surface area contributed by atoms with Crippen LogP contribution in [0.25, 0.3) is 0 Å². The Morgan fingerprint density at radius 2 is 1.94 bits per heavy atom. The number of hydrogen-bond donors (Lipinski definition) is 2. The molecule has 0 unspecified atom stereocenters. The Balaban J connectivity index is 1.37. The molecule has 186 valence electrons. The monoisotopic (exact) mass is 465 g/mol. The van der Waals surface area contributed by atoms with Crippen LogP contribution in [0.1, 0.15) is 95.2 Å². The van der Waals surface area contributed by atoms with Crippen LogP contribution in [0.15, 0.2) is 11.6 Å². The second-order valence-electron chi connectivity index (χ2n) is 12.5. The van der Waals surface area contributed by atoms with Gasteiger partial charge in [-0.1, -0.05) is 32.4 Å². The summed E-state index contributed by atoms with van der Waals surface area (Å²) in [5, 5.41) is 22.8. The average Bonchev–Trinajstić information content (AvgIpc) is 3.11. The van der Waals surface area contributed by atoms with Gasteiger partial charge in [0.25, 0.3) is 0 Å². The first kappa shape index (κ1) is 24.0. The lowest BCUT2D eigenvalue weighted by atomic mass is 9.47. The maximum absolute atomic E-state index is 11.2. The number of aromatic nitrogens is 2. The Morgan fingerprint density at radius 1 is 1.18 bits per heavy atom. The zero-order chi connectivity index (χ0) is 24.3. The van der Waals surface area contributed by atoms with Crippen LogP contribution in [-0.4, -0.2) is 33.9 Å². The van der Waals surface area contributed by atoms with Crippen molar-refractivity contribution in [1.29, 1.82) is 0 Å². The molecule has 2 saturated carbocycles. The molecule has 1 aromatic heterocycles. The SMILES string of the molecule is CC(=O)NC[C@H](C)CCc1nnc2c(c1C)[C@]1(C)CC[C@@H]3[C@H](CC=C4C[C@H](O)CC[C@@]43C)[C@H]1C2. The van der Waals surface area contributed by atoms with Crippen LogP contribution in [0.2, 0.25) is 0 Å². The maximum atomic E-state index is 11.2. The first-order valence-corrected chi connectivity index (χ1v) is 13.6. The number of carbonyl (C=O) groups excluding carboxylic acids is 1. The molecule has 1 heterocycles. The Labute approximate surface area is 205 Å². The van der Waals surface area contributed by atoms with Gasteiger partial charge in [0.2, 0.25) is 5.91 Å². The summed E-state index contributed by atoms with van der Waals surface area (Å²) in [5.41, 5.74) is 7.29. The van der Waals surface area contributed by atoms with E-state index in [0.717, 1.165) is 63.1 Å². The summed E-state index contributed by atoms with van der Waals surface area (Å²) in [6.45, 7) is 11.8. The van der Waals surface area contributed by atoms with Crippen molar-refractivity contribution in [3.05, 3.63) is 34.2 Å². The number of allylic oxidation sites excluding steroid dienone is 1. The summed E-state index contributed by atoms with van der Waals surface area (Å²) in [7, 11) is 0. The molecule has 0 radical (unpaired) electrons. The van der Waals surface area contributed by atoms with Gasteiger partial charge in [-0.3, -0.25) is 4.79 Å². The highest BCUT2D eigenvalue weighted by Crippen LogP contribution is 2.64. The number of amides is 1. The molecule has 5 heteroatoms. The minimum absolute atomic E-state index is 0.0397. The molecule has 34 heavy (non-hydrogen) atoms. The van der Waals surface area contributed by atoms with E-state index in [9.17, 15) is 9.90 Å². The Bertz CT molecular complexity index is 1000. The summed E-state index contributed by atoms with van der Waals surface area (Å²) >= 11 is 0. The molecular weight excluding hydrogens is 422 g/mol. The van der Waals surface area contributed by atoms with Gasteiger partial charge >= 0.3 is 0 Å². The summed E-state index contributed by atoms with van der Waals surface area (Å²) in [6.07, 6.45) is 12.0. The highest BCUT2D eigenvalue weighted by molar-refractivity contribution is 5.72. The number of aliphatic hydroxyl groups is 1. The molecule has 2 N–H and O–H groups in total. The van der Waals surface area contributed by atoms with Crippen LogP contribution < -0.4 is 5.32 Å². The number of carbonyl (C=O) groups is 1. The van der Waals surface area contributed by atoms with Crippen LogP contribution in [0.3, 0.4) is 0 Å². The molecule has 4 aliphatic carbocycles. The molecule has 0 spiro atoms. The van der Waals surface area contributed by atoms with Crippen molar-refractivity contribution in [3.8, 4) is 0 Å². The molecule has 2 fully saturated rings. The van der Waals surface area contributed by atoms with E-state index in [0.29, 0.717) is 17.8 Å². The van der Waals surface area contributed by atoms with Crippen LogP contribution in [0, 0.1) is 36.0 Å². The van der Waals surface area contributed by atoms with Crippen LogP contribution in [0.4, 0.5) is 0 Å². The molecule has 0 saturated heterocycles. The quantitative estimate of drug-likeness (QED) is 0.611. The molecule has 1 aromatic rings. The van der Waals surface area contributed by atoms with Gasteiger partial charge in [0.1, 0.15) is 0 Å². The van der Waals surface area contributed by atoms with Gasteiger partial charge < -0.3 is 10.4 Å². The van der Waals surface area contributed by atoms with Gasteiger partial charge in [0.15, 0.2) is 0 Å². The summed E-state index contributed by atoms with van der Waals surface area (Å²) in [6, 6.07) is 0. The maximum Gasteiger partial charge on any atom is 0.216 e. The smallest absolute Gasteiger partial charge is 0.216 e. The molecule has 5 nitrogen and oxygen atoms in total. The van der Waals surface area contributed by atoms with E-state index < -0.39 is 0 Å². The summed E-state index contributed by atoms with van der Waals surface area (Å²) < 4.78 is 0. The van der Waals surface area contributed by atoms with Crippen LogP contribution >= 0.6 is 0 Å².